The molecule has 4 aliphatic heterocycles. The third-order valence-electron chi connectivity index (χ3n) is 11.7. The van der Waals surface area contributed by atoms with Gasteiger partial charge in [0, 0.05) is 75.6 Å². The average Bonchev–Trinajstić information content (AvgIpc) is 3.34. The molecular formula is C44H66N6O26S3. The van der Waals surface area contributed by atoms with Crippen LogP contribution < -0.4 is 31.9 Å². The standard InChI is InChI=1S/C44H66N6O26S3/c1-14(51)65-12-24-32(67-16(3)53)34(69-18(5)55)36(71-20(7)57)39(74-24)49-43(78)45-10-22-27(59)26(29(61)38(73-22)48-42(77)46-11-23-28(60)30(62)31(63)41(64-9)76-23)47-44(79)50-40-37(72-21(8)58)35(70-19(6)56)33(68-17(4)54)25(75-40)13-66-15(2)52/h22-41,59-63H,10-13H2,1-9H3,(H2,45,49,78)(H2,46,48,77)(H2,47,50,79)/t22-,23-,24-,25-,26+,27-,28-,29-,30+,31-,32-,33-,34+,35+,36-,37-,38-,39-,40-,41+/m1/s1. The maximum atomic E-state index is 12.5. The van der Waals surface area contributed by atoms with Crippen LogP contribution in [-0.4, -0.2) is 245 Å². The van der Waals surface area contributed by atoms with Crippen molar-refractivity contribution in [3.63, 3.8) is 0 Å². The van der Waals surface area contributed by atoms with E-state index in [1.165, 1.54) is 7.11 Å². The van der Waals surface area contributed by atoms with Gasteiger partial charge in [-0.3, -0.25) is 38.4 Å². The Balaban J connectivity index is 1.65. The largest absolute Gasteiger partial charge is 0.463 e. The molecule has 0 saturated carbocycles. The summed E-state index contributed by atoms with van der Waals surface area (Å²) in [6, 6.07) is -1.59. The predicted octanol–water partition coefficient (Wildman–Crippen LogP) is -6.19. The first-order valence-corrected chi connectivity index (χ1v) is 25.2. The average molecular weight is 1190 g/mol. The van der Waals surface area contributed by atoms with Gasteiger partial charge in [0.15, 0.2) is 76.9 Å². The molecule has 0 radical (unpaired) electrons. The summed E-state index contributed by atoms with van der Waals surface area (Å²) in [5.74, 6) is -6.95. The summed E-state index contributed by atoms with van der Waals surface area (Å²) in [7, 11) is 1.20. The Morgan fingerprint density at radius 2 is 0.747 bits per heavy atom. The third kappa shape index (κ3) is 19.3. The summed E-state index contributed by atoms with van der Waals surface area (Å²) in [4.78, 5) is 98.0. The summed E-state index contributed by atoms with van der Waals surface area (Å²) in [6.07, 6.45) is -29.5. The van der Waals surface area contributed by atoms with Crippen LogP contribution in [-0.2, 0) is 99.9 Å². The molecule has 4 aliphatic rings. The monoisotopic (exact) mass is 1190 g/mol. The molecule has 4 fully saturated rings. The summed E-state index contributed by atoms with van der Waals surface area (Å²) in [5, 5.41) is 70.5. The van der Waals surface area contributed by atoms with Gasteiger partial charge < -0.3 is 119 Å². The zero-order valence-electron chi connectivity index (χ0n) is 43.9. The number of hydrogen-bond donors (Lipinski definition) is 11. The Labute approximate surface area is 467 Å². The Morgan fingerprint density at radius 3 is 1.14 bits per heavy atom. The second-order valence-corrected chi connectivity index (χ2v) is 19.1. The number of aliphatic hydroxyl groups excluding tert-OH is 5. The molecule has 32 nitrogen and oxygen atoms in total. The second kappa shape index (κ2) is 30.3. The molecular weight excluding hydrogens is 1120 g/mol. The lowest BCUT2D eigenvalue weighted by Crippen LogP contribution is -2.71. The van der Waals surface area contributed by atoms with Crippen molar-refractivity contribution in [2.75, 3.05) is 33.4 Å². The SMILES string of the molecule is CO[C@H]1O[C@H](CNC(=S)N[C@@H]2O[C@H](CNC(=S)N[C@@H]3O[C@H](COC(C)=O)[C@@H](OC(C)=O)[C@H](OC(C)=O)[C@H]3OC(C)=O)[C@@H](O)[C@H](NC(=S)N[C@@H]3O[C@H](COC(C)=O)[C@@H](OC(C)=O)[C@H](OC(C)=O)[C@H]3OC(C)=O)[C@H]2O)[C@@H](O)[C@H](O)[C@H]1O. The molecule has 0 aromatic rings. The number of methoxy groups -OCH3 is 1. The molecule has 0 aromatic carbocycles. The quantitative estimate of drug-likeness (QED) is 0.0326. The normalized spacial score (nSPS) is 34.1. The number of carbonyl (C=O) groups is 8. The van der Waals surface area contributed by atoms with E-state index in [9.17, 15) is 63.9 Å². The minimum atomic E-state index is -1.84. The number of thiocarbonyl (C=S) groups is 3. The summed E-state index contributed by atoms with van der Waals surface area (Å²) in [5.41, 5.74) is 0. The van der Waals surface area contributed by atoms with Crippen molar-refractivity contribution in [1.29, 1.82) is 0 Å². The fourth-order valence-corrected chi connectivity index (χ4v) is 9.12. The van der Waals surface area contributed by atoms with Gasteiger partial charge in [-0.05, 0) is 36.7 Å². The predicted molar refractivity (Wildman–Crippen MR) is 268 cm³/mol. The van der Waals surface area contributed by atoms with E-state index in [4.69, 9.17) is 98.2 Å². The van der Waals surface area contributed by atoms with Crippen LogP contribution in [0.3, 0.4) is 0 Å². The zero-order valence-corrected chi connectivity index (χ0v) is 46.4. The van der Waals surface area contributed by atoms with E-state index in [1.807, 2.05) is 0 Å². The molecule has 4 saturated heterocycles. The van der Waals surface area contributed by atoms with Crippen LogP contribution in [0.25, 0.3) is 0 Å². The van der Waals surface area contributed by atoms with Crippen LogP contribution in [0.5, 0.6) is 0 Å². The highest BCUT2D eigenvalue weighted by molar-refractivity contribution is 7.80. The number of rotatable bonds is 19. The number of esters is 8. The maximum Gasteiger partial charge on any atom is 0.303 e. The highest BCUT2D eigenvalue weighted by Crippen LogP contribution is 2.31. The molecule has 79 heavy (non-hydrogen) atoms. The highest BCUT2D eigenvalue weighted by Gasteiger charge is 2.55. The number of hydrogen-bond acceptors (Lipinski definition) is 29. The van der Waals surface area contributed by atoms with Gasteiger partial charge in [0.25, 0.3) is 0 Å². The van der Waals surface area contributed by atoms with E-state index in [0.29, 0.717) is 0 Å². The van der Waals surface area contributed by atoms with Crippen LogP contribution in [0.1, 0.15) is 55.4 Å². The molecule has 4 heterocycles. The van der Waals surface area contributed by atoms with E-state index >= 15 is 0 Å². The summed E-state index contributed by atoms with van der Waals surface area (Å²) >= 11 is 16.7. The van der Waals surface area contributed by atoms with Crippen LogP contribution >= 0.6 is 36.7 Å². The zero-order chi connectivity index (χ0) is 59.2. The van der Waals surface area contributed by atoms with Gasteiger partial charge in [-0.2, -0.15) is 0 Å². The number of ether oxygens (including phenoxy) is 13. The topological polar surface area (TPSA) is 430 Å². The summed E-state index contributed by atoms with van der Waals surface area (Å²) < 4.78 is 71.8. The first-order valence-electron chi connectivity index (χ1n) is 24.0. The maximum absolute atomic E-state index is 12.5. The molecule has 11 N–H and O–H groups in total. The number of carbonyl (C=O) groups excluding carboxylic acids is 8. The van der Waals surface area contributed by atoms with Gasteiger partial charge in [-0.25, -0.2) is 0 Å². The van der Waals surface area contributed by atoms with E-state index in [1.54, 1.807) is 0 Å². The Hall–Kier alpha value is -5.57. The van der Waals surface area contributed by atoms with Crippen LogP contribution in [0.4, 0.5) is 0 Å². The minimum Gasteiger partial charge on any atom is -0.463 e. The molecule has 446 valence electrons. The van der Waals surface area contributed by atoms with Gasteiger partial charge in [0.2, 0.25) is 0 Å². The molecule has 4 rings (SSSR count). The molecule has 0 aromatic heterocycles. The third-order valence-corrected chi connectivity index (χ3v) is 12.4. The van der Waals surface area contributed by atoms with Gasteiger partial charge in [0.1, 0.15) is 68.1 Å². The molecule has 35 heteroatoms. The molecule has 0 aliphatic carbocycles. The fourth-order valence-electron chi connectivity index (χ4n) is 8.47. The van der Waals surface area contributed by atoms with E-state index < -0.39 is 195 Å². The molecule has 0 amide bonds. The van der Waals surface area contributed by atoms with Crippen LogP contribution in [0, 0.1) is 0 Å². The minimum absolute atomic E-state index is 0.268. The van der Waals surface area contributed by atoms with E-state index in [-0.39, 0.29) is 16.8 Å². The van der Waals surface area contributed by atoms with Crippen LogP contribution in [0.2, 0.25) is 0 Å². The number of aliphatic hydroxyl groups is 5. The van der Waals surface area contributed by atoms with Crippen molar-refractivity contribution in [1.82, 2.24) is 31.9 Å². The first-order chi connectivity index (χ1) is 37.0. The van der Waals surface area contributed by atoms with Gasteiger partial charge >= 0.3 is 47.8 Å². The second-order valence-electron chi connectivity index (χ2n) is 17.9. The van der Waals surface area contributed by atoms with Crippen molar-refractivity contribution >= 4 is 99.7 Å². The lowest BCUT2D eigenvalue weighted by Gasteiger charge is -2.46. The van der Waals surface area contributed by atoms with Gasteiger partial charge in [0.05, 0.1) is 6.04 Å². The lowest BCUT2D eigenvalue weighted by molar-refractivity contribution is -0.288. The van der Waals surface area contributed by atoms with E-state index in [2.05, 4.69) is 31.9 Å². The van der Waals surface area contributed by atoms with Crippen molar-refractivity contribution in [3.05, 3.63) is 0 Å². The van der Waals surface area contributed by atoms with E-state index in [0.717, 1.165) is 55.4 Å². The lowest BCUT2D eigenvalue weighted by atomic mass is 9.95. The molecule has 0 bridgehead atoms. The highest BCUT2D eigenvalue weighted by atomic mass is 32.1. The van der Waals surface area contributed by atoms with Crippen LogP contribution in [0.15, 0.2) is 0 Å². The van der Waals surface area contributed by atoms with Crippen molar-refractivity contribution in [2.45, 2.75) is 178 Å². The van der Waals surface area contributed by atoms with Gasteiger partial charge in [-0.15, -0.1) is 0 Å². The van der Waals surface area contributed by atoms with Crippen molar-refractivity contribution < 1.29 is 125 Å². The first kappa shape index (κ1) is 65.9. The fraction of sp³-hybridized carbons (Fsp3) is 0.750. The van der Waals surface area contributed by atoms with Crippen molar-refractivity contribution in [2.24, 2.45) is 0 Å². The van der Waals surface area contributed by atoms with Crippen molar-refractivity contribution in [3.8, 4) is 0 Å². The molecule has 0 spiro atoms. The smallest absolute Gasteiger partial charge is 0.303 e. The van der Waals surface area contributed by atoms with Gasteiger partial charge in [-0.1, -0.05) is 0 Å². The number of nitrogens with one attached hydrogen (secondary N) is 6. The Kier molecular flexibility index (Phi) is 25.3. The Morgan fingerprint density at radius 1 is 0.392 bits per heavy atom. The molecule has 0 unspecified atom stereocenters. The summed E-state index contributed by atoms with van der Waals surface area (Å²) in [6.45, 7) is 6.40. The molecule has 20 atom stereocenters. The Bertz CT molecular complexity index is 2220.